The highest BCUT2D eigenvalue weighted by molar-refractivity contribution is 7.99. The van der Waals surface area contributed by atoms with E-state index < -0.39 is 37.1 Å². The fourth-order valence-corrected chi connectivity index (χ4v) is 5.24. The van der Waals surface area contributed by atoms with Crippen LogP contribution in [0.4, 0.5) is 0 Å². The topological polar surface area (TPSA) is 99.4 Å². The van der Waals surface area contributed by atoms with E-state index in [-0.39, 0.29) is 0 Å². The Kier molecular flexibility index (Phi) is 6.15. The Morgan fingerprint density at radius 1 is 1.00 bits per heavy atom. The molecule has 2 aliphatic rings. The van der Waals surface area contributed by atoms with Gasteiger partial charge in [-0.25, -0.2) is 0 Å². The molecule has 2 aromatic carbocycles. The first-order valence-electron chi connectivity index (χ1n) is 9.72. The quantitative estimate of drug-likeness (QED) is 0.599. The minimum absolute atomic E-state index is 0.364. The van der Waals surface area contributed by atoms with Crippen LogP contribution in [0, 0.1) is 0 Å². The molecule has 2 aliphatic heterocycles. The van der Waals surface area contributed by atoms with Crippen LogP contribution in [0.2, 0.25) is 0 Å². The molecule has 29 heavy (non-hydrogen) atoms. The number of benzene rings is 2. The largest absolute Gasteiger partial charge is 0.497 e. The van der Waals surface area contributed by atoms with Gasteiger partial charge in [0.05, 0.1) is 13.7 Å². The number of ether oxygens (including phenoxy) is 2. The van der Waals surface area contributed by atoms with Crippen molar-refractivity contribution >= 4 is 11.8 Å². The number of hydrogen-bond donors (Lipinski definition) is 4. The average molecular weight is 419 g/mol. The van der Waals surface area contributed by atoms with E-state index >= 15 is 0 Å². The number of thioether (sulfide) groups is 1. The van der Waals surface area contributed by atoms with Gasteiger partial charge in [0.25, 0.3) is 0 Å². The summed E-state index contributed by atoms with van der Waals surface area (Å²) < 4.78 is 11.0. The second-order valence-corrected chi connectivity index (χ2v) is 8.66. The van der Waals surface area contributed by atoms with E-state index in [0.717, 1.165) is 29.1 Å². The van der Waals surface area contributed by atoms with Gasteiger partial charge in [0.15, 0.2) is 0 Å². The molecule has 0 bridgehead atoms. The molecule has 0 aliphatic carbocycles. The van der Waals surface area contributed by atoms with Crippen molar-refractivity contribution in [3.8, 4) is 5.75 Å². The number of methoxy groups -OCH3 is 1. The monoisotopic (exact) mass is 418 g/mol. The lowest BCUT2D eigenvalue weighted by Gasteiger charge is -2.40. The van der Waals surface area contributed by atoms with Crippen LogP contribution in [-0.2, 0) is 11.2 Å². The van der Waals surface area contributed by atoms with E-state index in [2.05, 4.69) is 12.1 Å². The van der Waals surface area contributed by atoms with E-state index in [9.17, 15) is 20.4 Å². The lowest BCUT2D eigenvalue weighted by atomic mass is 9.88. The Morgan fingerprint density at radius 3 is 2.41 bits per heavy atom. The highest BCUT2D eigenvalue weighted by Crippen LogP contribution is 2.40. The summed E-state index contributed by atoms with van der Waals surface area (Å²) in [5, 5.41) is 40.0. The van der Waals surface area contributed by atoms with Crippen LogP contribution in [0.1, 0.15) is 28.7 Å². The smallest absolute Gasteiger partial charge is 0.118 e. The van der Waals surface area contributed by atoms with Crippen molar-refractivity contribution in [2.45, 2.75) is 47.8 Å². The Bertz CT molecular complexity index is 840. The summed E-state index contributed by atoms with van der Waals surface area (Å²) in [6.07, 6.45) is -4.83. The number of aliphatic hydroxyl groups excluding tert-OH is 4. The van der Waals surface area contributed by atoms with Crippen molar-refractivity contribution in [3.63, 3.8) is 0 Å². The Balaban J connectivity index is 1.57. The van der Waals surface area contributed by atoms with Crippen molar-refractivity contribution in [2.24, 2.45) is 0 Å². The fraction of sp³-hybridized carbons (Fsp3) is 0.455. The minimum Gasteiger partial charge on any atom is -0.497 e. The molecule has 0 radical (unpaired) electrons. The molecule has 2 aromatic rings. The van der Waals surface area contributed by atoms with Gasteiger partial charge in [0, 0.05) is 10.6 Å². The predicted molar refractivity (Wildman–Crippen MR) is 109 cm³/mol. The van der Waals surface area contributed by atoms with E-state index in [1.165, 1.54) is 10.5 Å². The highest BCUT2D eigenvalue weighted by Gasteiger charge is 2.44. The van der Waals surface area contributed by atoms with E-state index in [1.807, 2.05) is 30.3 Å². The molecule has 5 unspecified atom stereocenters. The zero-order valence-corrected chi connectivity index (χ0v) is 17.0. The van der Waals surface area contributed by atoms with Crippen LogP contribution in [0.15, 0.2) is 47.4 Å². The van der Waals surface area contributed by atoms with Crippen molar-refractivity contribution < 1.29 is 29.9 Å². The van der Waals surface area contributed by atoms with E-state index in [4.69, 9.17) is 9.47 Å². The third kappa shape index (κ3) is 4.03. The Morgan fingerprint density at radius 2 is 1.72 bits per heavy atom. The maximum absolute atomic E-state index is 10.4. The number of aliphatic hydroxyl groups is 4. The summed E-state index contributed by atoms with van der Waals surface area (Å²) in [4.78, 5) is 1.20. The van der Waals surface area contributed by atoms with Gasteiger partial charge in [0.1, 0.15) is 36.3 Å². The summed E-state index contributed by atoms with van der Waals surface area (Å²) in [6, 6.07) is 14.0. The van der Waals surface area contributed by atoms with Crippen LogP contribution >= 0.6 is 11.8 Å². The van der Waals surface area contributed by atoms with Crippen LogP contribution < -0.4 is 4.74 Å². The molecule has 0 saturated carbocycles. The van der Waals surface area contributed by atoms with Gasteiger partial charge in [0.2, 0.25) is 0 Å². The third-order valence-electron chi connectivity index (χ3n) is 5.80. The van der Waals surface area contributed by atoms with Crippen LogP contribution in [-0.4, -0.2) is 64.3 Å². The van der Waals surface area contributed by atoms with Gasteiger partial charge >= 0.3 is 0 Å². The second-order valence-electron chi connectivity index (χ2n) is 7.60. The lowest BCUT2D eigenvalue weighted by molar-refractivity contribution is -0.231. The first kappa shape index (κ1) is 20.7. The van der Waals surface area contributed by atoms with Gasteiger partial charge in [-0.2, -0.15) is 0 Å². The van der Waals surface area contributed by atoms with Crippen molar-refractivity contribution in [1.82, 2.24) is 0 Å². The average Bonchev–Trinajstić information content (AvgIpc) is 2.77. The summed E-state index contributed by atoms with van der Waals surface area (Å²) in [5.41, 5.74) is 3.15. The maximum atomic E-state index is 10.4. The lowest BCUT2D eigenvalue weighted by Crippen LogP contribution is -2.55. The molecular weight excluding hydrogens is 392 g/mol. The zero-order valence-electron chi connectivity index (χ0n) is 16.1. The SMILES string of the molecule is COc1ccc([C@@H]2CSc3ccc(C4OC(CO)C(O)C(O)C4O)cc3C2)cc1. The number of rotatable bonds is 4. The summed E-state index contributed by atoms with van der Waals surface area (Å²) >= 11 is 1.80. The molecule has 6 atom stereocenters. The summed E-state index contributed by atoms with van der Waals surface area (Å²) in [5.74, 6) is 2.18. The highest BCUT2D eigenvalue weighted by atomic mass is 32.2. The zero-order chi connectivity index (χ0) is 20.5. The van der Waals surface area contributed by atoms with Crippen LogP contribution in [0.5, 0.6) is 5.75 Å². The summed E-state index contributed by atoms with van der Waals surface area (Å²) in [6.45, 7) is -0.429. The van der Waals surface area contributed by atoms with Crippen molar-refractivity contribution in [1.29, 1.82) is 0 Å². The molecule has 0 spiro atoms. The molecule has 6 nitrogen and oxygen atoms in total. The molecule has 1 saturated heterocycles. The number of hydrogen-bond acceptors (Lipinski definition) is 7. The fourth-order valence-electron chi connectivity index (χ4n) is 4.06. The maximum Gasteiger partial charge on any atom is 0.118 e. The molecule has 4 rings (SSSR count). The van der Waals surface area contributed by atoms with Gasteiger partial charge < -0.3 is 29.9 Å². The molecular formula is C22H26O6S. The van der Waals surface area contributed by atoms with Crippen molar-refractivity contribution in [3.05, 3.63) is 59.2 Å². The van der Waals surface area contributed by atoms with Gasteiger partial charge in [-0.3, -0.25) is 0 Å². The predicted octanol–water partition coefficient (Wildman–Crippen LogP) is 1.64. The van der Waals surface area contributed by atoms with E-state index in [1.54, 1.807) is 18.9 Å². The van der Waals surface area contributed by atoms with Crippen LogP contribution in [0.3, 0.4) is 0 Å². The van der Waals surface area contributed by atoms with Crippen molar-refractivity contribution in [2.75, 3.05) is 19.5 Å². The molecule has 0 amide bonds. The standard InChI is InChI=1S/C22H26O6S/c1-27-16-5-2-12(3-6-16)15-9-14-8-13(4-7-18(14)29-11-15)22-21(26)20(25)19(24)17(10-23)28-22/h2-8,15,17,19-26H,9-11H2,1H3/t15-,17?,19?,20?,21?,22?/m0/s1. The Labute approximate surface area is 174 Å². The number of fused-ring (bicyclic) bond motifs is 1. The van der Waals surface area contributed by atoms with Crippen LogP contribution in [0.25, 0.3) is 0 Å². The van der Waals surface area contributed by atoms with Gasteiger partial charge in [-0.15, -0.1) is 11.8 Å². The second kappa shape index (κ2) is 8.63. The third-order valence-corrected chi connectivity index (χ3v) is 7.08. The molecule has 2 heterocycles. The molecule has 156 valence electrons. The Hall–Kier alpha value is -1.61. The van der Waals surface area contributed by atoms with Gasteiger partial charge in [-0.1, -0.05) is 24.3 Å². The minimum atomic E-state index is -1.37. The van der Waals surface area contributed by atoms with Gasteiger partial charge in [-0.05, 0) is 47.2 Å². The first-order valence-corrected chi connectivity index (χ1v) is 10.7. The first-order chi connectivity index (χ1) is 14.0. The summed E-state index contributed by atoms with van der Waals surface area (Å²) in [7, 11) is 1.66. The molecule has 1 fully saturated rings. The normalized spacial score (nSPS) is 31.9. The van der Waals surface area contributed by atoms with E-state index in [0.29, 0.717) is 5.92 Å². The molecule has 0 aromatic heterocycles. The molecule has 7 heteroatoms. The molecule has 4 N–H and O–H groups in total.